The Morgan fingerprint density at radius 1 is 1.12 bits per heavy atom. The van der Waals surface area contributed by atoms with Gasteiger partial charge in [-0.15, -0.1) is 0 Å². The maximum atomic E-state index is 13.7. The van der Waals surface area contributed by atoms with Gasteiger partial charge in [-0.25, -0.2) is 17.5 Å². The van der Waals surface area contributed by atoms with Gasteiger partial charge in [0.15, 0.2) is 5.76 Å². The van der Waals surface area contributed by atoms with E-state index in [1.165, 1.54) is 18.2 Å². The summed E-state index contributed by atoms with van der Waals surface area (Å²) in [6.07, 6.45) is 0. The molecule has 0 aliphatic carbocycles. The number of furan rings is 1. The Morgan fingerprint density at radius 2 is 1.84 bits per heavy atom. The summed E-state index contributed by atoms with van der Waals surface area (Å²) >= 11 is 0. The van der Waals surface area contributed by atoms with E-state index in [2.05, 4.69) is 0 Å². The molecule has 0 unspecified atom stereocenters. The summed E-state index contributed by atoms with van der Waals surface area (Å²) < 4.78 is 45.3. The molecule has 2 aromatic carbocycles. The molecule has 0 aliphatic heterocycles. The molecule has 130 valence electrons. The zero-order chi connectivity index (χ0) is 18.2. The van der Waals surface area contributed by atoms with Gasteiger partial charge in [0, 0.05) is 31.2 Å². The van der Waals surface area contributed by atoms with Crippen LogP contribution in [0.1, 0.15) is 10.6 Å². The van der Waals surface area contributed by atoms with Gasteiger partial charge in [-0.3, -0.25) is 4.79 Å². The minimum atomic E-state index is -4.34. The van der Waals surface area contributed by atoms with Crippen LogP contribution in [-0.2, 0) is 10.0 Å². The van der Waals surface area contributed by atoms with Gasteiger partial charge < -0.3 is 9.32 Å². The average molecular weight is 362 g/mol. The molecule has 1 aromatic heterocycles. The van der Waals surface area contributed by atoms with Crippen LogP contribution in [0.3, 0.4) is 0 Å². The van der Waals surface area contributed by atoms with Gasteiger partial charge in [0.25, 0.3) is 10.0 Å². The lowest BCUT2D eigenvalue weighted by Crippen LogP contribution is -2.30. The molecular weight excluding hydrogens is 347 g/mol. The van der Waals surface area contributed by atoms with Crippen molar-refractivity contribution >= 4 is 32.6 Å². The van der Waals surface area contributed by atoms with E-state index in [1.807, 2.05) is 29.8 Å². The van der Waals surface area contributed by atoms with Crippen LogP contribution in [0.2, 0.25) is 0 Å². The quantitative estimate of drug-likeness (QED) is 0.772. The van der Waals surface area contributed by atoms with E-state index in [-0.39, 0.29) is 5.76 Å². The van der Waals surface area contributed by atoms with Crippen LogP contribution in [0.25, 0.3) is 11.0 Å². The van der Waals surface area contributed by atoms with Gasteiger partial charge in [0.05, 0.1) is 0 Å². The maximum Gasteiger partial charge on any atom is 0.300 e. The van der Waals surface area contributed by atoms with E-state index in [4.69, 9.17) is 4.42 Å². The van der Waals surface area contributed by atoms with Gasteiger partial charge in [-0.1, -0.05) is 12.1 Å². The van der Waals surface area contributed by atoms with Gasteiger partial charge in [0.1, 0.15) is 16.3 Å². The Bertz CT molecular complexity index is 1060. The normalized spacial score (nSPS) is 11.5. The van der Waals surface area contributed by atoms with Gasteiger partial charge in [-0.2, -0.15) is 0 Å². The number of rotatable bonds is 4. The summed E-state index contributed by atoms with van der Waals surface area (Å²) in [5.74, 6) is -2.08. The second-order valence-electron chi connectivity index (χ2n) is 5.59. The molecule has 6 nitrogen and oxygen atoms in total. The molecule has 0 spiro atoms. The molecule has 1 N–H and O–H groups in total. The smallest absolute Gasteiger partial charge is 0.300 e. The van der Waals surface area contributed by atoms with Gasteiger partial charge in [-0.05, 0) is 30.3 Å². The van der Waals surface area contributed by atoms with Crippen LogP contribution in [0.4, 0.5) is 10.1 Å². The highest BCUT2D eigenvalue weighted by molar-refractivity contribution is 7.90. The van der Waals surface area contributed by atoms with Crippen LogP contribution < -0.4 is 9.62 Å². The molecule has 3 aromatic rings. The molecule has 0 saturated heterocycles. The summed E-state index contributed by atoms with van der Waals surface area (Å²) in [4.78, 5) is 13.5. The first-order valence-corrected chi connectivity index (χ1v) is 8.79. The molecule has 1 heterocycles. The molecule has 0 atom stereocenters. The van der Waals surface area contributed by atoms with Gasteiger partial charge in [0.2, 0.25) is 0 Å². The Morgan fingerprint density at radius 3 is 2.52 bits per heavy atom. The molecule has 0 radical (unpaired) electrons. The van der Waals surface area contributed by atoms with E-state index in [9.17, 15) is 17.6 Å². The third-order valence-electron chi connectivity index (χ3n) is 3.60. The summed E-state index contributed by atoms with van der Waals surface area (Å²) in [5.41, 5.74) is 1.31. The number of fused-ring (bicyclic) bond motifs is 1. The number of benzene rings is 2. The Hall–Kier alpha value is -2.87. The summed E-state index contributed by atoms with van der Waals surface area (Å²) in [6, 6.07) is 11.6. The monoisotopic (exact) mass is 362 g/mol. The van der Waals surface area contributed by atoms with Crippen molar-refractivity contribution in [1.82, 2.24) is 4.72 Å². The van der Waals surface area contributed by atoms with E-state index < -0.39 is 26.6 Å². The van der Waals surface area contributed by atoms with Crippen molar-refractivity contribution in [2.75, 3.05) is 19.0 Å². The number of hydrogen-bond acceptors (Lipinski definition) is 5. The molecule has 0 bridgehead atoms. The lowest BCUT2D eigenvalue weighted by Gasteiger charge is -2.11. The highest BCUT2D eigenvalue weighted by Crippen LogP contribution is 2.24. The minimum Gasteiger partial charge on any atom is -0.451 e. The minimum absolute atomic E-state index is 0.175. The number of nitrogens with zero attached hydrogens (tertiary/aromatic N) is 1. The molecular formula is C17H15FN2O4S. The summed E-state index contributed by atoms with van der Waals surface area (Å²) in [5, 5.41) is 0.652. The van der Waals surface area contributed by atoms with Crippen molar-refractivity contribution in [2.45, 2.75) is 4.90 Å². The number of nitrogens with one attached hydrogen (secondary N) is 1. The number of halogens is 1. The molecule has 0 saturated carbocycles. The number of carbonyl (C=O) groups is 1. The molecule has 0 aliphatic rings. The largest absolute Gasteiger partial charge is 0.451 e. The zero-order valence-electron chi connectivity index (χ0n) is 13.5. The first-order valence-electron chi connectivity index (χ1n) is 7.30. The van der Waals surface area contributed by atoms with Crippen molar-refractivity contribution in [1.29, 1.82) is 0 Å². The van der Waals surface area contributed by atoms with E-state index in [1.54, 1.807) is 12.1 Å². The number of amides is 1. The predicted octanol–water partition coefficient (Wildman–Crippen LogP) is 2.76. The van der Waals surface area contributed by atoms with Crippen molar-refractivity contribution in [3.05, 3.63) is 60.1 Å². The second-order valence-corrected chi connectivity index (χ2v) is 7.24. The van der Waals surface area contributed by atoms with Crippen LogP contribution in [0, 0.1) is 5.82 Å². The maximum absolute atomic E-state index is 13.7. The van der Waals surface area contributed by atoms with Gasteiger partial charge >= 0.3 is 5.91 Å². The standard InChI is InChI=1S/C17H15FN2O4S/c1-20(2)12-8-7-11-9-15(24-14(11)10-12)17(21)19-25(22,23)16-6-4-3-5-13(16)18/h3-10H,1-2H3,(H,19,21). The highest BCUT2D eigenvalue weighted by Gasteiger charge is 2.24. The van der Waals surface area contributed by atoms with Crippen molar-refractivity contribution in [3.8, 4) is 0 Å². The lowest BCUT2D eigenvalue weighted by atomic mass is 10.2. The fourth-order valence-electron chi connectivity index (χ4n) is 2.30. The molecule has 0 fully saturated rings. The Labute approximate surface area is 143 Å². The van der Waals surface area contributed by atoms with Crippen LogP contribution in [0.5, 0.6) is 0 Å². The van der Waals surface area contributed by atoms with Crippen molar-refractivity contribution in [2.24, 2.45) is 0 Å². The SMILES string of the molecule is CN(C)c1ccc2cc(C(=O)NS(=O)(=O)c3ccccc3F)oc2c1. The third-order valence-corrected chi connectivity index (χ3v) is 4.96. The molecule has 1 amide bonds. The molecule has 3 rings (SSSR count). The summed E-state index contributed by atoms with van der Waals surface area (Å²) in [6.45, 7) is 0. The fraction of sp³-hybridized carbons (Fsp3) is 0.118. The van der Waals surface area contributed by atoms with E-state index in [0.29, 0.717) is 11.0 Å². The fourth-order valence-corrected chi connectivity index (χ4v) is 3.34. The highest BCUT2D eigenvalue weighted by atomic mass is 32.2. The number of sulfonamides is 1. The van der Waals surface area contributed by atoms with E-state index >= 15 is 0 Å². The molecule has 25 heavy (non-hydrogen) atoms. The number of carbonyl (C=O) groups excluding carboxylic acids is 1. The first-order chi connectivity index (χ1) is 11.8. The topological polar surface area (TPSA) is 79.6 Å². The van der Waals surface area contributed by atoms with E-state index in [0.717, 1.165) is 17.8 Å². The van der Waals surface area contributed by atoms with Crippen molar-refractivity contribution < 1.29 is 22.0 Å². The average Bonchev–Trinajstić information content (AvgIpc) is 2.97. The third kappa shape index (κ3) is 3.34. The zero-order valence-corrected chi connectivity index (χ0v) is 14.3. The Balaban J connectivity index is 1.91. The first kappa shape index (κ1) is 17.0. The molecule has 8 heteroatoms. The van der Waals surface area contributed by atoms with Crippen LogP contribution >= 0.6 is 0 Å². The lowest BCUT2D eigenvalue weighted by molar-refractivity contribution is 0.0956. The van der Waals surface area contributed by atoms with Crippen LogP contribution in [0.15, 0.2) is 57.8 Å². The second kappa shape index (κ2) is 6.21. The number of hydrogen-bond donors (Lipinski definition) is 1. The summed E-state index contributed by atoms with van der Waals surface area (Å²) in [7, 11) is -0.620. The van der Waals surface area contributed by atoms with Crippen LogP contribution in [-0.4, -0.2) is 28.4 Å². The number of anilines is 1. The Kier molecular flexibility index (Phi) is 4.22. The van der Waals surface area contributed by atoms with Crippen molar-refractivity contribution in [3.63, 3.8) is 0 Å². The predicted molar refractivity (Wildman–Crippen MR) is 91.6 cm³/mol.